The summed E-state index contributed by atoms with van der Waals surface area (Å²) < 4.78 is 0. The van der Waals surface area contributed by atoms with Gasteiger partial charge in [0.05, 0.1) is 11.7 Å². The van der Waals surface area contributed by atoms with Crippen molar-refractivity contribution in [2.24, 2.45) is 0 Å². The molecule has 1 N–H and O–H groups in total. The molecule has 0 bridgehead atoms. The maximum Gasteiger partial charge on any atom is 0.0652 e. The normalized spacial score (nSPS) is 25.9. The minimum Gasteiger partial charge on any atom is -0.314 e. The molecule has 2 fully saturated rings. The number of piperazine rings is 1. The van der Waals surface area contributed by atoms with E-state index in [1.54, 1.807) is 0 Å². The van der Waals surface area contributed by atoms with Gasteiger partial charge in [0.1, 0.15) is 0 Å². The van der Waals surface area contributed by atoms with Crippen LogP contribution in [0, 0.1) is 0 Å². The maximum atomic E-state index is 4.72. The average Bonchev–Trinajstić information content (AvgIpc) is 2.89. The SMILES string of the molecule is CCC1CNCCN1C(CN1CCCCCC1)c1ccccn1. The first-order valence-electron chi connectivity index (χ1n) is 9.48. The third-order valence-corrected chi connectivity index (χ3v) is 5.43. The third-order valence-electron chi connectivity index (χ3n) is 5.43. The van der Waals surface area contributed by atoms with Crippen LogP contribution in [0.3, 0.4) is 0 Å². The molecule has 2 aliphatic heterocycles. The monoisotopic (exact) mass is 316 g/mol. The zero-order chi connectivity index (χ0) is 15.9. The Balaban J connectivity index is 1.78. The minimum atomic E-state index is 0.432. The Labute approximate surface area is 141 Å². The standard InChI is InChI=1S/C19H32N4/c1-2-17-15-20-11-14-23(17)19(18-9-5-6-10-21-18)16-22-12-7-3-4-8-13-22/h5-6,9-10,17,19-20H,2-4,7-8,11-16H2,1H3. The molecule has 2 unspecified atom stereocenters. The molecule has 3 rings (SSSR count). The van der Waals surface area contributed by atoms with Crippen molar-refractivity contribution in [1.29, 1.82) is 0 Å². The van der Waals surface area contributed by atoms with Gasteiger partial charge in [0, 0.05) is 38.4 Å². The summed E-state index contributed by atoms with van der Waals surface area (Å²) >= 11 is 0. The van der Waals surface area contributed by atoms with Crippen LogP contribution < -0.4 is 5.32 Å². The molecule has 0 aromatic carbocycles. The van der Waals surface area contributed by atoms with Gasteiger partial charge in [-0.2, -0.15) is 0 Å². The summed E-state index contributed by atoms with van der Waals surface area (Å²) in [5.74, 6) is 0. The molecule has 1 aromatic heterocycles. The number of nitrogens with zero attached hydrogens (tertiary/aromatic N) is 3. The summed E-state index contributed by atoms with van der Waals surface area (Å²) in [6.07, 6.45) is 8.66. The van der Waals surface area contributed by atoms with Crippen molar-refractivity contribution < 1.29 is 0 Å². The average molecular weight is 316 g/mol. The molecule has 3 heterocycles. The van der Waals surface area contributed by atoms with Gasteiger partial charge in [0.15, 0.2) is 0 Å². The lowest BCUT2D eigenvalue weighted by molar-refractivity contribution is 0.0727. The Morgan fingerprint density at radius 3 is 2.70 bits per heavy atom. The van der Waals surface area contributed by atoms with Crippen LogP contribution in [-0.2, 0) is 0 Å². The molecule has 0 amide bonds. The molecule has 2 saturated heterocycles. The summed E-state index contributed by atoms with van der Waals surface area (Å²) in [5.41, 5.74) is 1.25. The van der Waals surface area contributed by atoms with E-state index in [2.05, 4.69) is 34.2 Å². The number of nitrogens with one attached hydrogen (secondary N) is 1. The summed E-state index contributed by atoms with van der Waals surface area (Å²) in [4.78, 5) is 10.1. The van der Waals surface area contributed by atoms with E-state index in [9.17, 15) is 0 Å². The highest BCUT2D eigenvalue weighted by Crippen LogP contribution is 2.26. The quantitative estimate of drug-likeness (QED) is 0.905. The van der Waals surface area contributed by atoms with Gasteiger partial charge >= 0.3 is 0 Å². The molecule has 128 valence electrons. The van der Waals surface area contributed by atoms with E-state index in [-0.39, 0.29) is 0 Å². The lowest BCUT2D eigenvalue weighted by atomic mass is 10.0. The van der Waals surface area contributed by atoms with Crippen molar-refractivity contribution in [3.63, 3.8) is 0 Å². The second-order valence-corrected chi connectivity index (χ2v) is 6.99. The largest absolute Gasteiger partial charge is 0.314 e. The first-order valence-corrected chi connectivity index (χ1v) is 9.48. The Morgan fingerprint density at radius 1 is 1.17 bits per heavy atom. The van der Waals surface area contributed by atoms with Gasteiger partial charge in [-0.25, -0.2) is 0 Å². The first-order chi connectivity index (χ1) is 11.4. The highest BCUT2D eigenvalue weighted by molar-refractivity contribution is 5.11. The van der Waals surface area contributed by atoms with Crippen LogP contribution in [0.25, 0.3) is 0 Å². The molecule has 0 saturated carbocycles. The van der Waals surface area contributed by atoms with E-state index in [0.29, 0.717) is 12.1 Å². The molecule has 2 atom stereocenters. The van der Waals surface area contributed by atoms with Gasteiger partial charge in [-0.05, 0) is 44.5 Å². The second-order valence-electron chi connectivity index (χ2n) is 6.99. The number of rotatable bonds is 5. The molecule has 0 aliphatic carbocycles. The maximum absolute atomic E-state index is 4.72. The van der Waals surface area contributed by atoms with Crippen LogP contribution in [0.4, 0.5) is 0 Å². The molecular weight excluding hydrogens is 284 g/mol. The van der Waals surface area contributed by atoms with E-state index in [1.807, 2.05) is 12.3 Å². The van der Waals surface area contributed by atoms with E-state index in [0.717, 1.165) is 26.2 Å². The molecule has 1 aromatic rings. The molecule has 4 heteroatoms. The lowest BCUT2D eigenvalue weighted by Gasteiger charge is -2.42. The van der Waals surface area contributed by atoms with Gasteiger partial charge < -0.3 is 10.2 Å². The van der Waals surface area contributed by atoms with E-state index < -0.39 is 0 Å². The molecule has 4 nitrogen and oxygen atoms in total. The van der Waals surface area contributed by atoms with Crippen LogP contribution in [0.15, 0.2) is 24.4 Å². The lowest BCUT2D eigenvalue weighted by Crippen LogP contribution is -2.54. The second kappa shape index (κ2) is 8.76. The van der Waals surface area contributed by atoms with Crippen LogP contribution in [0.1, 0.15) is 50.8 Å². The predicted octanol–water partition coefficient (Wildman–Crippen LogP) is 2.68. The van der Waals surface area contributed by atoms with Crippen molar-refractivity contribution in [3.8, 4) is 0 Å². The fraction of sp³-hybridized carbons (Fsp3) is 0.737. The molecule has 0 radical (unpaired) electrons. The van der Waals surface area contributed by atoms with Crippen molar-refractivity contribution in [2.45, 2.75) is 51.1 Å². The molecule has 0 spiro atoms. The van der Waals surface area contributed by atoms with Crippen LogP contribution >= 0.6 is 0 Å². The Morgan fingerprint density at radius 2 is 2.00 bits per heavy atom. The number of pyridine rings is 1. The van der Waals surface area contributed by atoms with Crippen molar-refractivity contribution in [1.82, 2.24) is 20.1 Å². The molecular formula is C19H32N4. The third kappa shape index (κ3) is 4.52. The minimum absolute atomic E-state index is 0.432. The summed E-state index contributed by atoms with van der Waals surface area (Å²) in [7, 11) is 0. The fourth-order valence-electron chi connectivity index (χ4n) is 4.07. The van der Waals surface area contributed by atoms with Crippen LogP contribution in [0.5, 0.6) is 0 Å². The highest BCUT2D eigenvalue weighted by atomic mass is 15.3. The highest BCUT2D eigenvalue weighted by Gasteiger charge is 2.30. The zero-order valence-electron chi connectivity index (χ0n) is 14.6. The van der Waals surface area contributed by atoms with E-state index in [1.165, 1.54) is 50.9 Å². The zero-order valence-corrected chi connectivity index (χ0v) is 14.6. The van der Waals surface area contributed by atoms with Gasteiger partial charge in [-0.15, -0.1) is 0 Å². The van der Waals surface area contributed by atoms with Gasteiger partial charge in [0.25, 0.3) is 0 Å². The van der Waals surface area contributed by atoms with Crippen molar-refractivity contribution >= 4 is 0 Å². The predicted molar refractivity (Wildman–Crippen MR) is 95.5 cm³/mol. The van der Waals surface area contributed by atoms with Gasteiger partial charge in [-0.1, -0.05) is 25.8 Å². The van der Waals surface area contributed by atoms with Crippen LogP contribution in [0.2, 0.25) is 0 Å². The molecule has 23 heavy (non-hydrogen) atoms. The number of hydrogen-bond acceptors (Lipinski definition) is 4. The van der Waals surface area contributed by atoms with Crippen molar-refractivity contribution in [2.75, 3.05) is 39.3 Å². The Kier molecular flexibility index (Phi) is 6.43. The van der Waals surface area contributed by atoms with Gasteiger partial charge in [-0.3, -0.25) is 9.88 Å². The van der Waals surface area contributed by atoms with E-state index >= 15 is 0 Å². The van der Waals surface area contributed by atoms with Crippen LogP contribution in [-0.4, -0.2) is 60.1 Å². The summed E-state index contributed by atoms with van der Waals surface area (Å²) in [6.45, 7) is 9.30. The number of likely N-dealkylation sites (tertiary alicyclic amines) is 1. The smallest absolute Gasteiger partial charge is 0.0652 e. The topological polar surface area (TPSA) is 31.4 Å². The number of aromatic nitrogens is 1. The van der Waals surface area contributed by atoms with Gasteiger partial charge in [0.2, 0.25) is 0 Å². The summed E-state index contributed by atoms with van der Waals surface area (Å²) in [6, 6.07) is 7.45. The molecule has 2 aliphatic rings. The fourth-order valence-corrected chi connectivity index (χ4v) is 4.07. The Bertz CT molecular complexity index is 442. The van der Waals surface area contributed by atoms with Crippen molar-refractivity contribution in [3.05, 3.63) is 30.1 Å². The van der Waals surface area contributed by atoms with E-state index in [4.69, 9.17) is 4.98 Å². The first kappa shape index (κ1) is 16.9. The Hall–Kier alpha value is -0.970. The number of hydrogen-bond donors (Lipinski definition) is 1. The summed E-state index contributed by atoms with van der Waals surface area (Å²) in [5, 5.41) is 3.56.